The van der Waals surface area contributed by atoms with Crippen LogP contribution in [0, 0.1) is 29.1 Å². The Morgan fingerprint density at radius 2 is 1.77 bits per heavy atom. The largest absolute Gasteiger partial charge is 0.459 e. The van der Waals surface area contributed by atoms with Crippen LogP contribution in [0.1, 0.15) is 67.7 Å². The molecular weight excluding hydrogens is 502 g/mol. The molecule has 0 aromatic heterocycles. The fraction of sp³-hybridized carbons (Fsp3) is 0.862. The highest BCUT2D eigenvalue weighted by Gasteiger charge is 2.44. The predicted octanol–water partition coefficient (Wildman–Crippen LogP) is 2.08. The van der Waals surface area contributed by atoms with Crippen LogP contribution in [0.15, 0.2) is 11.6 Å². The summed E-state index contributed by atoms with van der Waals surface area (Å²) in [6, 6.07) is -0.162. The topological polar surface area (TPSA) is 159 Å². The molecule has 1 saturated heterocycles. The summed E-state index contributed by atoms with van der Waals surface area (Å²) in [5, 5.41) is 42.6. The Labute approximate surface area is 234 Å². The van der Waals surface area contributed by atoms with Gasteiger partial charge in [0, 0.05) is 24.2 Å². The third kappa shape index (κ3) is 8.09. The van der Waals surface area contributed by atoms with E-state index in [1.807, 2.05) is 46.7 Å². The monoisotopic (exact) mass is 555 g/mol. The lowest BCUT2D eigenvalue weighted by Crippen LogP contribution is -2.56. The highest BCUT2D eigenvalue weighted by Crippen LogP contribution is 2.34. The van der Waals surface area contributed by atoms with Crippen LogP contribution in [0.25, 0.3) is 0 Å². The molecule has 0 radical (unpaired) electrons. The summed E-state index contributed by atoms with van der Waals surface area (Å²) < 4.78 is 18.2. The van der Waals surface area contributed by atoms with Gasteiger partial charge in [0.05, 0.1) is 24.2 Å². The highest BCUT2D eigenvalue weighted by atomic mass is 16.7. The number of nitrogens with zero attached hydrogens (tertiary/aromatic N) is 1. The molecule has 10 nitrogen and oxygen atoms in total. The van der Waals surface area contributed by atoms with Gasteiger partial charge in [-0.15, -0.1) is 0 Å². The molecule has 39 heavy (non-hydrogen) atoms. The number of ether oxygens (including phenoxy) is 3. The zero-order valence-electron chi connectivity index (χ0n) is 25.3. The van der Waals surface area contributed by atoms with E-state index in [1.54, 1.807) is 20.8 Å². The molecule has 0 amide bonds. The summed E-state index contributed by atoms with van der Waals surface area (Å²) in [6.45, 7) is 12.7. The second-order valence-electron chi connectivity index (χ2n) is 12.3. The summed E-state index contributed by atoms with van der Waals surface area (Å²) in [5.74, 6) is -2.50. The van der Waals surface area contributed by atoms with Gasteiger partial charge in [0.1, 0.15) is 17.8 Å². The molecule has 0 spiro atoms. The molecule has 8 unspecified atom stereocenters. The lowest BCUT2D eigenvalue weighted by molar-refractivity contribution is -0.283. The first-order chi connectivity index (χ1) is 18.0. The van der Waals surface area contributed by atoms with Crippen LogP contribution >= 0.6 is 0 Å². The number of hydrogen-bond donors (Lipinski definition) is 5. The quantitative estimate of drug-likeness (QED) is 0.320. The van der Waals surface area contributed by atoms with Crippen molar-refractivity contribution < 1.29 is 34.3 Å². The lowest BCUT2D eigenvalue weighted by atomic mass is 9.78. The summed E-state index contributed by atoms with van der Waals surface area (Å²) in [5.41, 5.74) is 5.24. The normalized spacial score (nSPS) is 44.9. The van der Waals surface area contributed by atoms with E-state index in [-0.39, 0.29) is 30.5 Å². The number of carbonyl (C=O) groups is 1. The van der Waals surface area contributed by atoms with E-state index in [2.05, 4.69) is 0 Å². The fourth-order valence-corrected chi connectivity index (χ4v) is 6.06. The van der Waals surface area contributed by atoms with E-state index < -0.39 is 54.1 Å². The minimum atomic E-state index is -1.54. The Bertz CT molecular complexity index is 864. The number of cyclic esters (lactones) is 1. The van der Waals surface area contributed by atoms with Crippen LogP contribution in [0.3, 0.4) is 0 Å². The zero-order chi connectivity index (χ0) is 29.8. The molecule has 0 aromatic carbocycles. The second-order valence-corrected chi connectivity index (χ2v) is 12.3. The van der Waals surface area contributed by atoms with Crippen molar-refractivity contribution in [1.29, 1.82) is 5.41 Å². The van der Waals surface area contributed by atoms with Gasteiger partial charge < -0.3 is 45.6 Å². The number of nitrogens with two attached hydrogens (primary N) is 1. The van der Waals surface area contributed by atoms with Crippen molar-refractivity contribution in [2.45, 2.75) is 116 Å². The third-order valence-electron chi connectivity index (χ3n) is 8.60. The van der Waals surface area contributed by atoms with Gasteiger partial charge in [0.2, 0.25) is 0 Å². The Hall–Kier alpha value is -1.40. The predicted molar refractivity (Wildman–Crippen MR) is 150 cm³/mol. The molecule has 2 rings (SSSR count). The first-order valence-electron chi connectivity index (χ1n) is 14.3. The van der Waals surface area contributed by atoms with Crippen LogP contribution < -0.4 is 5.73 Å². The minimum absolute atomic E-state index is 0.0510. The molecule has 226 valence electrons. The molecule has 6 N–H and O–H groups in total. The Balaban J connectivity index is 2.51. The number of rotatable bonds is 5. The Morgan fingerprint density at radius 3 is 2.31 bits per heavy atom. The second kappa shape index (κ2) is 14.0. The van der Waals surface area contributed by atoms with Crippen LogP contribution in [0.4, 0.5) is 0 Å². The maximum atomic E-state index is 13.2. The van der Waals surface area contributed by atoms with Crippen molar-refractivity contribution in [2.24, 2.45) is 29.4 Å². The zero-order valence-corrected chi connectivity index (χ0v) is 25.3. The fourth-order valence-electron chi connectivity index (χ4n) is 6.06. The van der Waals surface area contributed by atoms with Crippen LogP contribution in [0.2, 0.25) is 0 Å². The van der Waals surface area contributed by atoms with Crippen LogP contribution in [-0.4, -0.2) is 101 Å². The van der Waals surface area contributed by atoms with E-state index >= 15 is 0 Å². The van der Waals surface area contributed by atoms with Gasteiger partial charge in [-0.1, -0.05) is 27.7 Å². The first-order valence-corrected chi connectivity index (χ1v) is 14.3. The molecule has 0 bridgehead atoms. The molecule has 0 aliphatic carbocycles. The Kier molecular flexibility index (Phi) is 12.1. The minimum Gasteiger partial charge on any atom is -0.459 e. The number of aliphatic hydroxyl groups is 3. The Morgan fingerprint density at radius 1 is 1.15 bits per heavy atom. The van der Waals surface area contributed by atoms with Gasteiger partial charge in [0.15, 0.2) is 6.29 Å². The third-order valence-corrected chi connectivity index (χ3v) is 8.60. The highest BCUT2D eigenvalue weighted by molar-refractivity contribution is 5.99. The van der Waals surface area contributed by atoms with E-state index in [4.69, 9.17) is 25.4 Å². The smallest absolute Gasteiger partial charge is 0.311 e. The van der Waals surface area contributed by atoms with Gasteiger partial charge >= 0.3 is 5.97 Å². The van der Waals surface area contributed by atoms with Crippen LogP contribution in [0.5, 0.6) is 0 Å². The van der Waals surface area contributed by atoms with Gasteiger partial charge in [-0.2, -0.15) is 0 Å². The van der Waals surface area contributed by atoms with Crippen molar-refractivity contribution in [2.75, 3.05) is 20.6 Å². The van der Waals surface area contributed by atoms with E-state index in [9.17, 15) is 20.1 Å². The van der Waals surface area contributed by atoms with E-state index in [1.165, 1.54) is 6.08 Å². The molecule has 10 heteroatoms. The molecule has 12 atom stereocenters. The van der Waals surface area contributed by atoms with Gasteiger partial charge in [-0.05, 0) is 77.6 Å². The standard InChI is InChI=1S/C29H53N3O7/c1-10-22-29(7,36)13-20(14-30)23(31)15(2)11-16(3)26(18(5)24(33)19(6)27(35)38-22)39-28-25(34)21(32(8)9)12-17(4)37-28/h13,15-19,21-22,24-26,28,31,33-34,36H,10-12,14,30H2,1-9H3/b20-13+,31-23?/t15-,16?,17?,18?,19?,21?,22?,24?,25-,26+,28?,29+/m1/s1. The number of carbonyl (C=O) groups excluding carboxylic acids is 1. The maximum Gasteiger partial charge on any atom is 0.311 e. The molecule has 2 heterocycles. The van der Waals surface area contributed by atoms with Gasteiger partial charge in [0.25, 0.3) is 0 Å². The summed E-state index contributed by atoms with van der Waals surface area (Å²) >= 11 is 0. The molecule has 2 aliphatic heterocycles. The van der Waals surface area contributed by atoms with Crippen molar-refractivity contribution in [3.05, 3.63) is 11.6 Å². The molecule has 0 aromatic rings. The molecule has 1 fully saturated rings. The number of hydrogen-bond acceptors (Lipinski definition) is 10. The first kappa shape index (κ1) is 33.8. The average molecular weight is 556 g/mol. The van der Waals surface area contributed by atoms with Crippen molar-refractivity contribution in [3.63, 3.8) is 0 Å². The summed E-state index contributed by atoms with van der Waals surface area (Å²) in [7, 11) is 3.81. The average Bonchev–Trinajstić information content (AvgIpc) is 2.87. The number of likely N-dealkylation sites (N-methyl/N-ethyl adjacent to an activating group) is 1. The van der Waals surface area contributed by atoms with Gasteiger partial charge in [-0.3, -0.25) is 4.79 Å². The molecular formula is C29H53N3O7. The maximum absolute atomic E-state index is 13.2. The summed E-state index contributed by atoms with van der Waals surface area (Å²) in [4.78, 5) is 15.1. The van der Waals surface area contributed by atoms with E-state index in [0.29, 0.717) is 30.5 Å². The molecule has 0 saturated carbocycles. The van der Waals surface area contributed by atoms with Crippen molar-refractivity contribution in [3.8, 4) is 0 Å². The van der Waals surface area contributed by atoms with Gasteiger partial charge in [-0.25, -0.2) is 0 Å². The number of esters is 1. The van der Waals surface area contributed by atoms with Crippen LogP contribution in [-0.2, 0) is 19.0 Å². The number of aliphatic hydroxyl groups excluding tert-OH is 2. The van der Waals surface area contributed by atoms with Crippen molar-refractivity contribution >= 4 is 11.7 Å². The SMILES string of the molecule is CCC1OC(=O)C(C)C(O)C(C)[C@@H](OC2OC(C)CC(N(C)C)[C@H]2O)C(C)C[C@@H](C)C(=N)/C(CN)=C/[C@]1(C)O. The van der Waals surface area contributed by atoms with E-state index in [0.717, 1.165) is 0 Å². The lowest BCUT2D eigenvalue weighted by Gasteiger charge is -2.44. The summed E-state index contributed by atoms with van der Waals surface area (Å²) in [6.07, 6.45) is -1.54. The number of nitrogens with one attached hydrogen (secondary N) is 1. The molecule has 2 aliphatic rings. The van der Waals surface area contributed by atoms with Crippen molar-refractivity contribution in [1.82, 2.24) is 4.90 Å².